The minimum absolute atomic E-state index is 0.00599. The van der Waals surface area contributed by atoms with Crippen LogP contribution in [0.15, 0.2) is 42.5 Å². The topological polar surface area (TPSA) is 50.8 Å². The third-order valence-corrected chi connectivity index (χ3v) is 6.77. The lowest BCUT2D eigenvalue weighted by Crippen LogP contribution is -2.39. The molecule has 5 rings (SSSR count). The van der Waals surface area contributed by atoms with Crippen LogP contribution in [-0.2, 0) is 24.1 Å². The molecule has 0 bridgehead atoms. The number of hydrogen-bond donors (Lipinski definition) is 1. The second kappa shape index (κ2) is 9.41. The van der Waals surface area contributed by atoms with Crippen molar-refractivity contribution in [2.45, 2.75) is 57.2 Å². The Bertz CT molecular complexity index is 901. The van der Waals surface area contributed by atoms with Crippen molar-refractivity contribution >= 4 is 5.91 Å². The molecule has 2 heterocycles. The zero-order valence-electron chi connectivity index (χ0n) is 18.1. The Morgan fingerprint density at radius 2 is 1.94 bits per heavy atom. The van der Waals surface area contributed by atoms with Crippen LogP contribution in [0.1, 0.15) is 52.7 Å². The van der Waals surface area contributed by atoms with Crippen molar-refractivity contribution in [3.63, 3.8) is 0 Å². The van der Waals surface area contributed by atoms with Gasteiger partial charge in [0.2, 0.25) is 0 Å². The predicted octanol–water partition coefficient (Wildman–Crippen LogP) is 3.74. The van der Waals surface area contributed by atoms with Crippen molar-refractivity contribution in [1.82, 2.24) is 10.2 Å². The number of carbonyl (C=O) groups is 1. The zero-order valence-corrected chi connectivity index (χ0v) is 18.1. The number of ether oxygens (including phenoxy) is 2. The van der Waals surface area contributed by atoms with Gasteiger partial charge in [0.1, 0.15) is 12.4 Å². The van der Waals surface area contributed by atoms with Crippen LogP contribution in [-0.4, -0.2) is 49.3 Å². The number of hydrogen-bond acceptors (Lipinski definition) is 4. The normalized spacial score (nSPS) is 23.1. The highest BCUT2D eigenvalue weighted by Crippen LogP contribution is 2.25. The van der Waals surface area contributed by atoms with Crippen LogP contribution >= 0.6 is 0 Å². The summed E-state index contributed by atoms with van der Waals surface area (Å²) in [5.74, 6) is 0.779. The van der Waals surface area contributed by atoms with Gasteiger partial charge in [-0.25, -0.2) is 0 Å². The molecule has 0 saturated carbocycles. The molecule has 3 aliphatic rings. The summed E-state index contributed by atoms with van der Waals surface area (Å²) in [6.45, 7) is 4.94. The van der Waals surface area contributed by atoms with Gasteiger partial charge >= 0.3 is 0 Å². The monoisotopic (exact) mass is 420 g/mol. The summed E-state index contributed by atoms with van der Waals surface area (Å²) >= 11 is 0. The van der Waals surface area contributed by atoms with Gasteiger partial charge in [-0.3, -0.25) is 9.69 Å². The van der Waals surface area contributed by atoms with E-state index >= 15 is 0 Å². The Balaban J connectivity index is 1.13. The lowest BCUT2D eigenvalue weighted by molar-refractivity contribution is 0.0679. The summed E-state index contributed by atoms with van der Waals surface area (Å²) in [6.07, 6.45) is 6.64. The van der Waals surface area contributed by atoms with Crippen molar-refractivity contribution in [1.29, 1.82) is 0 Å². The molecule has 0 spiro atoms. The quantitative estimate of drug-likeness (QED) is 0.742. The molecule has 0 aromatic heterocycles. The Morgan fingerprint density at radius 1 is 1.06 bits per heavy atom. The molecule has 2 aliphatic heterocycles. The van der Waals surface area contributed by atoms with Gasteiger partial charge in [0, 0.05) is 24.8 Å². The van der Waals surface area contributed by atoms with Gasteiger partial charge in [-0.2, -0.15) is 0 Å². The first-order valence-electron chi connectivity index (χ1n) is 11.7. The molecule has 2 saturated heterocycles. The van der Waals surface area contributed by atoms with Crippen molar-refractivity contribution in [2.24, 2.45) is 0 Å². The van der Waals surface area contributed by atoms with Gasteiger partial charge in [0.15, 0.2) is 0 Å². The van der Waals surface area contributed by atoms with E-state index in [4.69, 9.17) is 9.47 Å². The van der Waals surface area contributed by atoms with E-state index in [0.29, 0.717) is 12.2 Å². The molecule has 2 fully saturated rings. The van der Waals surface area contributed by atoms with Crippen molar-refractivity contribution in [3.05, 3.63) is 64.7 Å². The minimum atomic E-state index is -0.00599. The second-order valence-electron chi connectivity index (χ2n) is 9.12. The van der Waals surface area contributed by atoms with E-state index in [-0.39, 0.29) is 18.1 Å². The van der Waals surface area contributed by atoms with Crippen LogP contribution in [0.25, 0.3) is 0 Å². The third kappa shape index (κ3) is 5.10. The summed E-state index contributed by atoms with van der Waals surface area (Å²) in [5, 5.41) is 3.23. The molecule has 1 N–H and O–H groups in total. The molecule has 0 radical (unpaired) electrons. The second-order valence-corrected chi connectivity index (χ2v) is 9.12. The summed E-state index contributed by atoms with van der Waals surface area (Å²) in [6, 6.07) is 14.5. The molecule has 0 unspecified atom stereocenters. The van der Waals surface area contributed by atoms with Gasteiger partial charge < -0.3 is 14.8 Å². The summed E-state index contributed by atoms with van der Waals surface area (Å²) in [4.78, 5) is 15.2. The van der Waals surface area contributed by atoms with Crippen LogP contribution in [0.3, 0.4) is 0 Å². The molecule has 2 atom stereocenters. The van der Waals surface area contributed by atoms with Crippen LogP contribution < -0.4 is 10.1 Å². The number of nitrogens with zero attached hydrogens (tertiary/aromatic N) is 1. The van der Waals surface area contributed by atoms with E-state index in [2.05, 4.69) is 28.4 Å². The van der Waals surface area contributed by atoms with Crippen LogP contribution in [0.2, 0.25) is 0 Å². The van der Waals surface area contributed by atoms with Crippen molar-refractivity contribution < 1.29 is 14.3 Å². The van der Waals surface area contributed by atoms with Crippen molar-refractivity contribution in [2.75, 3.05) is 26.3 Å². The minimum Gasteiger partial charge on any atom is -0.491 e. The molecular formula is C26H32N2O3. The van der Waals surface area contributed by atoms with Crippen LogP contribution in [0, 0.1) is 0 Å². The lowest BCUT2D eigenvalue weighted by atomic mass is 9.87. The summed E-state index contributed by atoms with van der Waals surface area (Å²) in [5.41, 5.74) is 4.93. The SMILES string of the molecule is O=C(N[C@H]1CCc2cc(CN3CCC3)ccc2C1)c1ccc(OC[C@@H]2CCCO2)cc1. The van der Waals surface area contributed by atoms with Gasteiger partial charge in [0.25, 0.3) is 5.91 Å². The molecular weight excluding hydrogens is 388 g/mol. The first kappa shape index (κ1) is 20.5. The maximum absolute atomic E-state index is 12.7. The summed E-state index contributed by atoms with van der Waals surface area (Å²) in [7, 11) is 0. The largest absolute Gasteiger partial charge is 0.491 e. The molecule has 2 aromatic carbocycles. The van der Waals surface area contributed by atoms with Gasteiger partial charge in [0.05, 0.1) is 6.10 Å². The van der Waals surface area contributed by atoms with E-state index in [1.54, 1.807) is 0 Å². The molecule has 31 heavy (non-hydrogen) atoms. The number of fused-ring (bicyclic) bond motifs is 1. The Kier molecular flexibility index (Phi) is 6.23. The van der Waals surface area contributed by atoms with Gasteiger partial charge in [-0.15, -0.1) is 0 Å². The first-order valence-corrected chi connectivity index (χ1v) is 11.7. The number of carbonyl (C=O) groups excluding carboxylic acids is 1. The maximum Gasteiger partial charge on any atom is 0.251 e. The highest BCUT2D eigenvalue weighted by atomic mass is 16.5. The van der Waals surface area contributed by atoms with Gasteiger partial charge in [-0.05, 0) is 92.6 Å². The van der Waals surface area contributed by atoms with Crippen LogP contribution in [0.5, 0.6) is 5.75 Å². The van der Waals surface area contributed by atoms with Crippen molar-refractivity contribution in [3.8, 4) is 5.75 Å². The number of benzene rings is 2. The highest BCUT2D eigenvalue weighted by Gasteiger charge is 2.22. The van der Waals surface area contributed by atoms with Crippen LogP contribution in [0.4, 0.5) is 0 Å². The smallest absolute Gasteiger partial charge is 0.251 e. The van der Waals surface area contributed by atoms with E-state index in [0.717, 1.165) is 51.0 Å². The Labute approximate surface area is 184 Å². The molecule has 2 aromatic rings. The average Bonchev–Trinajstić information content (AvgIpc) is 3.29. The fourth-order valence-corrected chi connectivity index (χ4v) is 4.76. The van der Waals surface area contributed by atoms with E-state index < -0.39 is 0 Å². The molecule has 1 amide bonds. The standard InChI is InChI=1S/C26H32N2O3/c29-26(20-7-10-24(11-8-20)31-18-25-3-1-14-30-25)27-23-9-6-21-15-19(4-5-22(21)16-23)17-28-12-2-13-28/h4-5,7-8,10-11,15,23,25H,1-3,6,9,12-14,16-18H2,(H,27,29)/t23-,25-/m0/s1. The Morgan fingerprint density at radius 3 is 2.68 bits per heavy atom. The molecule has 1 aliphatic carbocycles. The van der Waals surface area contributed by atoms with Gasteiger partial charge in [-0.1, -0.05) is 18.2 Å². The number of rotatable bonds is 7. The lowest BCUT2D eigenvalue weighted by Gasteiger charge is -2.31. The van der Waals surface area contributed by atoms with E-state index in [1.807, 2.05) is 24.3 Å². The van der Waals surface area contributed by atoms with E-state index in [1.165, 1.54) is 36.2 Å². The average molecular weight is 421 g/mol. The molecule has 5 heteroatoms. The number of nitrogens with one attached hydrogen (secondary N) is 1. The zero-order chi connectivity index (χ0) is 21.0. The number of likely N-dealkylation sites (tertiary alicyclic amines) is 1. The fraction of sp³-hybridized carbons (Fsp3) is 0.500. The number of amides is 1. The Hall–Kier alpha value is -2.37. The van der Waals surface area contributed by atoms with E-state index in [9.17, 15) is 4.79 Å². The summed E-state index contributed by atoms with van der Waals surface area (Å²) < 4.78 is 11.4. The molecule has 164 valence electrons. The number of aryl methyl sites for hydroxylation is 1. The fourth-order valence-electron chi connectivity index (χ4n) is 4.76. The maximum atomic E-state index is 12.7. The highest BCUT2D eigenvalue weighted by molar-refractivity contribution is 5.94. The predicted molar refractivity (Wildman–Crippen MR) is 121 cm³/mol. The third-order valence-electron chi connectivity index (χ3n) is 6.77. The first-order chi connectivity index (χ1) is 15.2. The molecule has 5 nitrogen and oxygen atoms in total.